The molecule has 0 aliphatic heterocycles. The maximum atomic E-state index is 5.04. The number of hydrogen-bond acceptors (Lipinski definition) is 3. The summed E-state index contributed by atoms with van der Waals surface area (Å²) in [5.41, 5.74) is 11.2. The summed E-state index contributed by atoms with van der Waals surface area (Å²) >= 11 is 0. The van der Waals surface area contributed by atoms with Gasteiger partial charge in [-0.25, -0.2) is 15.0 Å². The number of rotatable bonds is 4. The highest BCUT2D eigenvalue weighted by molar-refractivity contribution is 5.87. The predicted molar refractivity (Wildman–Crippen MR) is 170 cm³/mol. The van der Waals surface area contributed by atoms with Crippen LogP contribution >= 0.6 is 0 Å². The molecule has 0 saturated heterocycles. The van der Waals surface area contributed by atoms with Gasteiger partial charge < -0.3 is 4.57 Å². The number of aromatic nitrogens is 4. The summed E-state index contributed by atoms with van der Waals surface area (Å²) in [7, 11) is 0. The van der Waals surface area contributed by atoms with E-state index in [0.29, 0.717) is 0 Å². The third kappa shape index (κ3) is 4.57. The van der Waals surface area contributed by atoms with Crippen molar-refractivity contribution in [3.05, 3.63) is 127 Å². The van der Waals surface area contributed by atoms with Gasteiger partial charge in [0, 0.05) is 22.2 Å². The van der Waals surface area contributed by atoms with E-state index in [4.69, 9.17) is 15.0 Å². The SMILES string of the molecule is CC(C)(C)n1c(-c2ccc(-c3ccc(-c4nc5ccccc5nc4-c4ccccc4)cc3)cc2)nc2ccccc21. The second kappa shape index (κ2) is 9.83. The van der Waals surface area contributed by atoms with E-state index >= 15 is 0 Å². The van der Waals surface area contributed by atoms with Gasteiger partial charge in [0.15, 0.2) is 0 Å². The fraction of sp³-hybridized carbons (Fsp3) is 0.108. The number of nitrogens with zero attached hydrogens (tertiary/aromatic N) is 4. The molecule has 2 aromatic heterocycles. The maximum Gasteiger partial charge on any atom is 0.141 e. The Balaban J connectivity index is 1.25. The van der Waals surface area contributed by atoms with Crippen LogP contribution in [0.5, 0.6) is 0 Å². The molecule has 0 radical (unpaired) electrons. The maximum absolute atomic E-state index is 5.04. The Morgan fingerprint density at radius 2 is 0.854 bits per heavy atom. The van der Waals surface area contributed by atoms with Crippen LogP contribution < -0.4 is 0 Å². The van der Waals surface area contributed by atoms with Gasteiger partial charge in [0.05, 0.1) is 33.5 Å². The second-order valence-corrected chi connectivity index (χ2v) is 11.4. The van der Waals surface area contributed by atoms with E-state index in [0.717, 1.165) is 67.1 Å². The minimum Gasteiger partial charge on any atom is -0.319 e. The van der Waals surface area contributed by atoms with Crippen molar-refractivity contribution in [2.75, 3.05) is 0 Å². The number of benzene rings is 5. The lowest BCUT2D eigenvalue weighted by Gasteiger charge is -2.24. The summed E-state index contributed by atoms with van der Waals surface area (Å²) < 4.78 is 2.33. The zero-order valence-electron chi connectivity index (χ0n) is 23.4. The minimum absolute atomic E-state index is 0.0931. The average molecular weight is 531 g/mol. The number of para-hydroxylation sites is 4. The Labute approximate surface area is 240 Å². The fourth-order valence-corrected chi connectivity index (χ4v) is 5.53. The molecule has 41 heavy (non-hydrogen) atoms. The summed E-state index contributed by atoms with van der Waals surface area (Å²) in [6.07, 6.45) is 0. The van der Waals surface area contributed by atoms with Crippen molar-refractivity contribution in [2.45, 2.75) is 26.3 Å². The molecular formula is C37H30N4. The molecule has 198 valence electrons. The molecule has 7 rings (SSSR count). The van der Waals surface area contributed by atoms with Crippen molar-refractivity contribution in [1.82, 2.24) is 19.5 Å². The van der Waals surface area contributed by atoms with Crippen LogP contribution in [0.25, 0.3) is 67.1 Å². The lowest BCUT2D eigenvalue weighted by atomic mass is 9.99. The van der Waals surface area contributed by atoms with E-state index in [-0.39, 0.29) is 5.54 Å². The van der Waals surface area contributed by atoms with Crippen molar-refractivity contribution in [3.8, 4) is 45.0 Å². The molecule has 0 atom stereocenters. The van der Waals surface area contributed by atoms with Gasteiger partial charge in [-0.15, -0.1) is 0 Å². The summed E-state index contributed by atoms with van der Waals surface area (Å²) in [6.45, 7) is 6.68. The number of imidazole rings is 1. The van der Waals surface area contributed by atoms with Crippen LogP contribution in [-0.4, -0.2) is 19.5 Å². The van der Waals surface area contributed by atoms with Crippen molar-refractivity contribution >= 4 is 22.1 Å². The predicted octanol–water partition coefficient (Wildman–Crippen LogP) is 9.40. The van der Waals surface area contributed by atoms with Gasteiger partial charge in [-0.3, -0.25) is 0 Å². The standard InChI is InChI=1S/C37H30N4/c1-37(2,3)41-33-16-10-9-15-32(33)40-36(41)29-23-19-26(20-24-29)25-17-21-28(22-18-25)35-34(27-11-5-4-6-12-27)38-30-13-7-8-14-31(30)39-35/h4-24H,1-3H3. The summed E-state index contributed by atoms with van der Waals surface area (Å²) in [5.74, 6) is 0.990. The van der Waals surface area contributed by atoms with Crippen molar-refractivity contribution in [3.63, 3.8) is 0 Å². The van der Waals surface area contributed by atoms with Crippen molar-refractivity contribution < 1.29 is 0 Å². The van der Waals surface area contributed by atoms with Crippen molar-refractivity contribution in [2.24, 2.45) is 0 Å². The first-order chi connectivity index (χ1) is 20.0. The van der Waals surface area contributed by atoms with Gasteiger partial charge >= 0.3 is 0 Å². The third-order valence-corrected chi connectivity index (χ3v) is 7.48. The highest BCUT2D eigenvalue weighted by Gasteiger charge is 2.22. The Kier molecular flexibility index (Phi) is 5.97. The second-order valence-electron chi connectivity index (χ2n) is 11.4. The Morgan fingerprint density at radius 1 is 0.415 bits per heavy atom. The molecule has 0 aliphatic carbocycles. The molecule has 4 nitrogen and oxygen atoms in total. The molecule has 0 spiro atoms. The van der Waals surface area contributed by atoms with Gasteiger partial charge in [-0.1, -0.05) is 103 Å². The van der Waals surface area contributed by atoms with Crippen LogP contribution in [0.2, 0.25) is 0 Å². The van der Waals surface area contributed by atoms with Crippen LogP contribution in [0.1, 0.15) is 20.8 Å². The summed E-state index contributed by atoms with van der Waals surface area (Å²) in [4.78, 5) is 15.1. The van der Waals surface area contributed by atoms with E-state index in [9.17, 15) is 0 Å². The fourth-order valence-electron chi connectivity index (χ4n) is 5.53. The molecule has 7 aromatic rings. The molecule has 0 amide bonds. The quantitative estimate of drug-likeness (QED) is 0.228. The first kappa shape index (κ1) is 24.9. The number of hydrogen-bond donors (Lipinski definition) is 0. The molecular weight excluding hydrogens is 500 g/mol. The van der Waals surface area contributed by atoms with E-state index in [1.807, 2.05) is 48.5 Å². The van der Waals surface area contributed by atoms with Gasteiger partial charge in [0.2, 0.25) is 0 Å². The molecule has 5 aromatic carbocycles. The average Bonchev–Trinajstić information content (AvgIpc) is 3.42. The molecule has 0 aliphatic rings. The van der Waals surface area contributed by atoms with Gasteiger partial charge in [-0.2, -0.15) is 0 Å². The summed E-state index contributed by atoms with van der Waals surface area (Å²) in [5, 5.41) is 0. The molecule has 0 N–H and O–H groups in total. The van der Waals surface area contributed by atoms with Gasteiger partial charge in [0.25, 0.3) is 0 Å². The summed E-state index contributed by atoms with van der Waals surface area (Å²) in [6, 6.07) is 44.0. The van der Waals surface area contributed by atoms with Crippen LogP contribution in [-0.2, 0) is 5.54 Å². The Hall–Kier alpha value is -5.09. The molecule has 2 heterocycles. The van der Waals surface area contributed by atoms with E-state index < -0.39 is 0 Å². The van der Waals surface area contributed by atoms with E-state index in [2.05, 4.69) is 104 Å². The smallest absolute Gasteiger partial charge is 0.141 e. The van der Waals surface area contributed by atoms with Gasteiger partial charge in [-0.05, 0) is 56.2 Å². The molecule has 4 heteroatoms. The van der Waals surface area contributed by atoms with Gasteiger partial charge in [0.1, 0.15) is 5.82 Å². The lowest BCUT2D eigenvalue weighted by molar-refractivity contribution is 0.413. The van der Waals surface area contributed by atoms with Crippen LogP contribution in [0, 0.1) is 0 Å². The largest absolute Gasteiger partial charge is 0.319 e. The molecule has 0 unspecified atom stereocenters. The van der Waals surface area contributed by atoms with Crippen LogP contribution in [0.3, 0.4) is 0 Å². The zero-order chi connectivity index (χ0) is 28.0. The first-order valence-corrected chi connectivity index (χ1v) is 14.0. The van der Waals surface area contributed by atoms with Crippen LogP contribution in [0.15, 0.2) is 127 Å². The van der Waals surface area contributed by atoms with Crippen LogP contribution in [0.4, 0.5) is 0 Å². The number of fused-ring (bicyclic) bond motifs is 2. The minimum atomic E-state index is -0.0931. The normalized spacial score (nSPS) is 11.8. The lowest BCUT2D eigenvalue weighted by Crippen LogP contribution is -2.22. The molecule has 0 bridgehead atoms. The monoisotopic (exact) mass is 530 g/mol. The Morgan fingerprint density at radius 3 is 1.41 bits per heavy atom. The van der Waals surface area contributed by atoms with E-state index in [1.54, 1.807) is 0 Å². The highest BCUT2D eigenvalue weighted by Crippen LogP contribution is 2.34. The Bertz CT molecular complexity index is 2000. The third-order valence-electron chi connectivity index (χ3n) is 7.48. The topological polar surface area (TPSA) is 43.6 Å². The van der Waals surface area contributed by atoms with Crippen molar-refractivity contribution in [1.29, 1.82) is 0 Å². The molecule has 0 fully saturated rings. The molecule has 0 saturated carbocycles. The van der Waals surface area contributed by atoms with E-state index in [1.165, 1.54) is 0 Å². The highest BCUT2D eigenvalue weighted by atomic mass is 15.1. The first-order valence-electron chi connectivity index (χ1n) is 14.0. The zero-order valence-corrected chi connectivity index (χ0v) is 23.4.